The summed E-state index contributed by atoms with van der Waals surface area (Å²) in [5, 5.41) is 3.59. The van der Waals surface area contributed by atoms with Crippen LogP contribution in [0.2, 0.25) is 10.0 Å². The Balaban J connectivity index is 2.38. The van der Waals surface area contributed by atoms with Gasteiger partial charge < -0.3 is 5.32 Å². The number of nitrogens with one attached hydrogen (secondary N) is 2. The summed E-state index contributed by atoms with van der Waals surface area (Å²) in [6.45, 7) is 2.36. The van der Waals surface area contributed by atoms with E-state index in [4.69, 9.17) is 23.2 Å². The summed E-state index contributed by atoms with van der Waals surface area (Å²) < 4.78 is 28.0. The second kappa shape index (κ2) is 6.42. The minimum atomic E-state index is -3.66. The van der Waals surface area contributed by atoms with Gasteiger partial charge in [0.25, 0.3) is 0 Å². The highest BCUT2D eigenvalue weighted by Crippen LogP contribution is 2.34. The topological polar surface area (TPSA) is 58.2 Å². The SMILES string of the molecule is CNCc1c(Cl)ccc(S(=O)(=O)NC2(C)CCCC2)c1Cl. The fourth-order valence-corrected chi connectivity index (χ4v) is 5.14. The van der Waals surface area contributed by atoms with E-state index in [-0.39, 0.29) is 15.5 Å². The third-order valence-electron chi connectivity index (χ3n) is 3.88. The Morgan fingerprint density at radius 1 is 1.24 bits per heavy atom. The van der Waals surface area contributed by atoms with Crippen molar-refractivity contribution in [2.45, 2.75) is 49.6 Å². The predicted octanol–water partition coefficient (Wildman–Crippen LogP) is 3.32. The Morgan fingerprint density at radius 3 is 2.43 bits per heavy atom. The van der Waals surface area contributed by atoms with Crippen LogP contribution in [-0.4, -0.2) is 21.0 Å². The first-order valence-electron chi connectivity index (χ1n) is 6.94. The molecule has 0 spiro atoms. The van der Waals surface area contributed by atoms with Crippen molar-refractivity contribution < 1.29 is 8.42 Å². The van der Waals surface area contributed by atoms with Gasteiger partial charge in [-0.25, -0.2) is 13.1 Å². The molecule has 1 aromatic rings. The van der Waals surface area contributed by atoms with E-state index < -0.39 is 10.0 Å². The van der Waals surface area contributed by atoms with Gasteiger partial charge in [-0.3, -0.25) is 0 Å². The molecule has 4 nitrogen and oxygen atoms in total. The molecule has 0 atom stereocenters. The van der Waals surface area contributed by atoms with Crippen LogP contribution in [0, 0.1) is 0 Å². The maximum atomic E-state index is 12.6. The van der Waals surface area contributed by atoms with Crippen molar-refractivity contribution in [3.63, 3.8) is 0 Å². The van der Waals surface area contributed by atoms with Crippen molar-refractivity contribution >= 4 is 33.2 Å². The summed E-state index contributed by atoms with van der Waals surface area (Å²) in [4.78, 5) is 0.0898. The summed E-state index contributed by atoms with van der Waals surface area (Å²) in [5.41, 5.74) is 0.214. The minimum Gasteiger partial charge on any atom is -0.316 e. The lowest BCUT2D eigenvalue weighted by Crippen LogP contribution is -2.43. The lowest BCUT2D eigenvalue weighted by Gasteiger charge is -2.25. The average Bonchev–Trinajstić information content (AvgIpc) is 2.79. The van der Waals surface area contributed by atoms with Crippen LogP contribution < -0.4 is 10.0 Å². The molecule has 2 rings (SSSR count). The summed E-state index contributed by atoms with van der Waals surface area (Å²) in [7, 11) is -1.90. The smallest absolute Gasteiger partial charge is 0.242 e. The molecule has 0 aliphatic heterocycles. The van der Waals surface area contributed by atoms with E-state index >= 15 is 0 Å². The summed E-state index contributed by atoms with van der Waals surface area (Å²) in [6, 6.07) is 3.04. The van der Waals surface area contributed by atoms with Gasteiger partial charge in [0, 0.05) is 22.7 Å². The largest absolute Gasteiger partial charge is 0.316 e. The Labute approximate surface area is 136 Å². The van der Waals surface area contributed by atoms with Crippen LogP contribution in [0.1, 0.15) is 38.2 Å². The van der Waals surface area contributed by atoms with Crippen molar-refractivity contribution in [2.75, 3.05) is 7.05 Å². The zero-order valence-corrected chi connectivity index (χ0v) is 14.5. The standard InChI is InChI=1S/C14H20Cl2N2O2S/c1-14(7-3-4-8-14)18-21(19,20)12-6-5-11(15)10(9-17-2)13(12)16/h5-6,17-18H,3-4,7-9H2,1-2H3. The Kier molecular flexibility index (Phi) is 5.21. The molecule has 7 heteroatoms. The van der Waals surface area contributed by atoms with Crippen LogP contribution in [0.3, 0.4) is 0 Å². The maximum absolute atomic E-state index is 12.6. The number of halogens is 2. The molecule has 118 valence electrons. The summed E-state index contributed by atoms with van der Waals surface area (Å²) in [6.07, 6.45) is 3.78. The van der Waals surface area contributed by atoms with E-state index in [2.05, 4.69) is 10.0 Å². The second-order valence-electron chi connectivity index (χ2n) is 5.74. The zero-order valence-electron chi connectivity index (χ0n) is 12.2. The van der Waals surface area contributed by atoms with Crippen LogP contribution >= 0.6 is 23.2 Å². The van der Waals surface area contributed by atoms with E-state index in [0.717, 1.165) is 25.7 Å². The van der Waals surface area contributed by atoms with E-state index in [1.165, 1.54) is 6.07 Å². The van der Waals surface area contributed by atoms with Crippen molar-refractivity contribution in [1.82, 2.24) is 10.0 Å². The van der Waals surface area contributed by atoms with Crippen LogP contribution in [-0.2, 0) is 16.6 Å². The summed E-state index contributed by atoms with van der Waals surface area (Å²) in [5.74, 6) is 0. The maximum Gasteiger partial charge on any atom is 0.242 e. The first-order chi connectivity index (χ1) is 9.79. The number of hydrogen-bond donors (Lipinski definition) is 2. The average molecular weight is 351 g/mol. The third-order valence-corrected chi connectivity index (χ3v) is 6.46. The van der Waals surface area contributed by atoms with E-state index in [1.807, 2.05) is 6.92 Å². The molecular weight excluding hydrogens is 331 g/mol. The highest BCUT2D eigenvalue weighted by Gasteiger charge is 2.34. The van der Waals surface area contributed by atoms with Crippen LogP contribution in [0.15, 0.2) is 17.0 Å². The van der Waals surface area contributed by atoms with Gasteiger partial charge in [-0.15, -0.1) is 0 Å². The van der Waals surface area contributed by atoms with Crippen LogP contribution in [0.25, 0.3) is 0 Å². The predicted molar refractivity (Wildman–Crippen MR) is 86.4 cm³/mol. The van der Waals surface area contributed by atoms with Crippen LogP contribution in [0.4, 0.5) is 0 Å². The Hall–Kier alpha value is -0.330. The number of benzene rings is 1. The molecule has 1 saturated carbocycles. The molecule has 1 aliphatic rings. The molecular formula is C14H20Cl2N2O2S. The molecule has 1 fully saturated rings. The van der Waals surface area contributed by atoms with Crippen LogP contribution in [0.5, 0.6) is 0 Å². The Morgan fingerprint density at radius 2 is 1.86 bits per heavy atom. The fourth-order valence-electron chi connectivity index (χ4n) is 2.76. The highest BCUT2D eigenvalue weighted by molar-refractivity contribution is 7.89. The van der Waals surface area contributed by atoms with Crippen molar-refractivity contribution in [3.8, 4) is 0 Å². The molecule has 0 saturated heterocycles. The van der Waals surface area contributed by atoms with Gasteiger partial charge in [-0.2, -0.15) is 0 Å². The molecule has 1 aliphatic carbocycles. The van der Waals surface area contributed by atoms with E-state index in [0.29, 0.717) is 17.1 Å². The highest BCUT2D eigenvalue weighted by atomic mass is 35.5. The van der Waals surface area contributed by atoms with E-state index in [1.54, 1.807) is 13.1 Å². The minimum absolute atomic E-state index is 0.0898. The molecule has 0 aromatic heterocycles. The Bertz CT molecular complexity index is 626. The monoisotopic (exact) mass is 350 g/mol. The van der Waals surface area contributed by atoms with Crippen molar-refractivity contribution in [1.29, 1.82) is 0 Å². The zero-order chi connectivity index (χ0) is 15.7. The molecule has 0 heterocycles. The third kappa shape index (κ3) is 3.71. The lowest BCUT2D eigenvalue weighted by atomic mass is 10.0. The van der Waals surface area contributed by atoms with Gasteiger partial charge in [0.15, 0.2) is 0 Å². The fraction of sp³-hybridized carbons (Fsp3) is 0.571. The van der Waals surface area contributed by atoms with Gasteiger partial charge in [0.2, 0.25) is 10.0 Å². The van der Waals surface area contributed by atoms with E-state index in [9.17, 15) is 8.42 Å². The molecule has 0 bridgehead atoms. The van der Waals surface area contributed by atoms with Gasteiger partial charge in [0.05, 0.1) is 5.02 Å². The van der Waals surface area contributed by atoms with Crippen molar-refractivity contribution in [2.24, 2.45) is 0 Å². The first kappa shape index (κ1) is 17.0. The molecule has 0 unspecified atom stereocenters. The molecule has 2 N–H and O–H groups in total. The number of rotatable bonds is 5. The second-order valence-corrected chi connectivity index (χ2v) is 8.18. The molecule has 0 amide bonds. The van der Waals surface area contributed by atoms with Gasteiger partial charge >= 0.3 is 0 Å². The van der Waals surface area contributed by atoms with Crippen molar-refractivity contribution in [3.05, 3.63) is 27.7 Å². The van der Waals surface area contributed by atoms with Gasteiger partial charge in [-0.1, -0.05) is 36.0 Å². The summed E-state index contributed by atoms with van der Waals surface area (Å²) >= 11 is 12.4. The lowest BCUT2D eigenvalue weighted by molar-refractivity contribution is 0.427. The van der Waals surface area contributed by atoms with Gasteiger partial charge in [-0.05, 0) is 38.9 Å². The van der Waals surface area contributed by atoms with Gasteiger partial charge in [0.1, 0.15) is 4.90 Å². The molecule has 21 heavy (non-hydrogen) atoms. The quantitative estimate of drug-likeness (QED) is 0.856. The molecule has 0 radical (unpaired) electrons. The number of sulfonamides is 1. The normalized spacial score (nSPS) is 18.1. The molecule has 1 aromatic carbocycles. The first-order valence-corrected chi connectivity index (χ1v) is 9.18. The number of hydrogen-bond acceptors (Lipinski definition) is 3.